The minimum absolute atomic E-state index is 0.116. The van der Waals surface area contributed by atoms with Crippen LogP contribution in [0.1, 0.15) is 82.3 Å². The Morgan fingerprint density at radius 1 is 1.14 bits per heavy atom. The van der Waals surface area contributed by atoms with Gasteiger partial charge in [0, 0.05) is 35.4 Å². The van der Waals surface area contributed by atoms with Gasteiger partial charge in [-0.1, -0.05) is 31.9 Å². The van der Waals surface area contributed by atoms with Gasteiger partial charge in [-0.15, -0.1) is 0 Å². The number of ketones is 1. The van der Waals surface area contributed by atoms with Gasteiger partial charge in [0.2, 0.25) is 5.91 Å². The molecule has 1 aromatic carbocycles. The fourth-order valence-corrected chi connectivity index (χ4v) is 5.82. The number of Topliss-reactive ketones (excluding diaryl/α,β-unsaturated/α-hetero) is 1. The number of nitrogens with one attached hydrogen (secondary N) is 3. The number of carbonyl (C=O) groups is 2. The molecule has 2 aliphatic rings. The molecule has 196 valence electrons. The number of H-pyrrole nitrogens is 1. The first-order valence-electron chi connectivity index (χ1n) is 13.9. The van der Waals surface area contributed by atoms with Crippen molar-refractivity contribution < 1.29 is 9.59 Å². The summed E-state index contributed by atoms with van der Waals surface area (Å²) >= 11 is 0. The van der Waals surface area contributed by atoms with Crippen molar-refractivity contribution in [2.75, 3.05) is 13.1 Å². The van der Waals surface area contributed by atoms with Crippen LogP contribution in [0.5, 0.6) is 0 Å². The molecule has 1 aliphatic heterocycles. The largest absolute Gasteiger partial charge is 0.346 e. The Labute approximate surface area is 219 Å². The first kappa shape index (κ1) is 25.6. The molecular formula is C30H39N5O2. The van der Waals surface area contributed by atoms with Gasteiger partial charge < -0.3 is 15.6 Å². The van der Waals surface area contributed by atoms with Gasteiger partial charge in [0.05, 0.1) is 23.4 Å². The predicted octanol–water partition coefficient (Wildman–Crippen LogP) is 5.41. The van der Waals surface area contributed by atoms with Crippen molar-refractivity contribution in [2.45, 2.75) is 77.7 Å². The van der Waals surface area contributed by atoms with E-state index in [4.69, 9.17) is 4.98 Å². The highest BCUT2D eigenvalue weighted by Crippen LogP contribution is 2.58. The number of aromatic nitrogens is 3. The van der Waals surface area contributed by atoms with Crippen molar-refractivity contribution in [1.82, 2.24) is 25.6 Å². The van der Waals surface area contributed by atoms with Crippen LogP contribution >= 0.6 is 0 Å². The first-order valence-corrected chi connectivity index (χ1v) is 13.9. The van der Waals surface area contributed by atoms with Crippen molar-refractivity contribution in [3.63, 3.8) is 0 Å². The quantitative estimate of drug-likeness (QED) is 0.305. The van der Waals surface area contributed by atoms with E-state index in [1.807, 2.05) is 32.2 Å². The van der Waals surface area contributed by atoms with Crippen LogP contribution < -0.4 is 10.6 Å². The topological polar surface area (TPSA) is 99.8 Å². The van der Waals surface area contributed by atoms with Crippen LogP contribution in [0.3, 0.4) is 0 Å². The number of hydrogen-bond acceptors (Lipinski definition) is 5. The molecule has 3 N–H and O–H groups in total. The summed E-state index contributed by atoms with van der Waals surface area (Å²) in [5.74, 6) is 1.40. The second-order valence-corrected chi connectivity index (χ2v) is 11.0. The van der Waals surface area contributed by atoms with Gasteiger partial charge in [-0.25, -0.2) is 4.98 Å². The minimum Gasteiger partial charge on any atom is -0.346 e. The zero-order valence-electron chi connectivity index (χ0n) is 22.1. The average molecular weight is 502 g/mol. The van der Waals surface area contributed by atoms with E-state index in [2.05, 4.69) is 38.8 Å². The van der Waals surface area contributed by atoms with Crippen LogP contribution in [0.4, 0.5) is 0 Å². The molecule has 1 amide bonds. The number of fused-ring (bicyclic) bond motifs is 1. The lowest BCUT2D eigenvalue weighted by molar-refractivity contribution is -0.124. The third kappa shape index (κ3) is 5.93. The van der Waals surface area contributed by atoms with Gasteiger partial charge in [-0.3, -0.25) is 14.6 Å². The van der Waals surface area contributed by atoms with Gasteiger partial charge in [0.15, 0.2) is 0 Å². The molecule has 37 heavy (non-hydrogen) atoms. The predicted molar refractivity (Wildman–Crippen MR) is 146 cm³/mol. The molecule has 7 heteroatoms. The lowest BCUT2D eigenvalue weighted by Gasteiger charge is -2.24. The van der Waals surface area contributed by atoms with Crippen LogP contribution in [0.15, 0.2) is 36.5 Å². The smallest absolute Gasteiger partial charge is 0.224 e. The lowest BCUT2D eigenvalue weighted by Crippen LogP contribution is -2.35. The Hall–Kier alpha value is -3.06. The van der Waals surface area contributed by atoms with E-state index < -0.39 is 0 Å². The number of benzene rings is 1. The molecule has 1 saturated carbocycles. The van der Waals surface area contributed by atoms with Crippen LogP contribution in [-0.4, -0.2) is 39.7 Å². The summed E-state index contributed by atoms with van der Waals surface area (Å²) in [5.41, 5.74) is 4.17. The Balaban J connectivity index is 1.29. The van der Waals surface area contributed by atoms with Crippen molar-refractivity contribution in [2.24, 2.45) is 11.3 Å². The number of aryl methyl sites for hydroxylation is 1. The second kappa shape index (κ2) is 11.1. The summed E-state index contributed by atoms with van der Waals surface area (Å²) < 4.78 is 0. The molecule has 3 aromatic rings. The lowest BCUT2D eigenvalue weighted by atomic mass is 9.91. The van der Waals surface area contributed by atoms with E-state index in [9.17, 15) is 9.59 Å². The molecule has 7 nitrogen and oxygen atoms in total. The van der Waals surface area contributed by atoms with Gasteiger partial charge in [0.25, 0.3) is 0 Å². The molecule has 2 atom stereocenters. The monoisotopic (exact) mass is 501 g/mol. The standard InChI is InChI=1S/C30H39N5O2/c1-3-23(36)7-5-4-6-8-26(35-29(37)24-18-30(24)13-15-31-16-14-30)28-32-19-27(34-28)22-11-12-25-21(17-22)10-9-20(2)33-25/h9-12,17,19,24,26,31H,3-8,13-16,18H2,1-2H3,(H,32,34)(H,35,37)/t24-,26+/m1/s1. The third-order valence-electron chi connectivity index (χ3n) is 8.33. The summed E-state index contributed by atoms with van der Waals surface area (Å²) in [6.07, 6.45) is 9.92. The summed E-state index contributed by atoms with van der Waals surface area (Å²) in [6, 6.07) is 10.2. The number of imidazole rings is 1. The van der Waals surface area contributed by atoms with Crippen molar-refractivity contribution in [3.05, 3.63) is 48.0 Å². The van der Waals surface area contributed by atoms with E-state index in [0.717, 1.165) is 91.7 Å². The molecule has 2 aromatic heterocycles. The number of aromatic amines is 1. The van der Waals surface area contributed by atoms with E-state index in [1.165, 1.54) is 0 Å². The SMILES string of the molecule is CCC(=O)CCCCC[C@H](NC(=O)[C@H]1CC12CCNCC2)c1ncc(-c2ccc3nc(C)ccc3c2)[nH]1. The zero-order chi connectivity index (χ0) is 25.8. The van der Waals surface area contributed by atoms with Gasteiger partial charge in [-0.05, 0) is 75.7 Å². The molecule has 3 heterocycles. The Morgan fingerprint density at radius 3 is 2.78 bits per heavy atom. The van der Waals surface area contributed by atoms with Crippen molar-refractivity contribution >= 4 is 22.6 Å². The minimum atomic E-state index is -0.160. The molecule has 1 saturated heterocycles. The van der Waals surface area contributed by atoms with Gasteiger partial charge in [-0.2, -0.15) is 0 Å². The molecule has 1 spiro atoms. The normalized spacial score (nSPS) is 19.1. The maximum absolute atomic E-state index is 13.3. The average Bonchev–Trinajstić information content (AvgIpc) is 3.37. The van der Waals surface area contributed by atoms with E-state index >= 15 is 0 Å². The summed E-state index contributed by atoms with van der Waals surface area (Å²) in [6.45, 7) is 5.93. The number of pyridine rings is 1. The summed E-state index contributed by atoms with van der Waals surface area (Å²) in [7, 11) is 0. The number of rotatable bonds is 11. The number of piperidine rings is 1. The maximum Gasteiger partial charge on any atom is 0.224 e. The zero-order valence-corrected chi connectivity index (χ0v) is 22.1. The van der Waals surface area contributed by atoms with Gasteiger partial charge in [0.1, 0.15) is 11.6 Å². The molecule has 2 fully saturated rings. The first-order chi connectivity index (χ1) is 18.0. The van der Waals surface area contributed by atoms with E-state index in [0.29, 0.717) is 18.6 Å². The van der Waals surface area contributed by atoms with Gasteiger partial charge >= 0.3 is 0 Å². The van der Waals surface area contributed by atoms with Crippen molar-refractivity contribution in [1.29, 1.82) is 0 Å². The van der Waals surface area contributed by atoms with Crippen LogP contribution in [0.2, 0.25) is 0 Å². The van der Waals surface area contributed by atoms with Crippen molar-refractivity contribution in [3.8, 4) is 11.3 Å². The Kier molecular flexibility index (Phi) is 7.70. The Morgan fingerprint density at radius 2 is 1.97 bits per heavy atom. The molecule has 1 aliphatic carbocycles. The molecule has 0 radical (unpaired) electrons. The molecular weight excluding hydrogens is 462 g/mol. The van der Waals surface area contributed by atoms with Crippen LogP contribution in [0.25, 0.3) is 22.2 Å². The number of amides is 1. The molecule has 0 bridgehead atoms. The summed E-state index contributed by atoms with van der Waals surface area (Å²) in [4.78, 5) is 37.8. The van der Waals surface area contributed by atoms with Crippen LogP contribution in [-0.2, 0) is 9.59 Å². The number of hydrogen-bond donors (Lipinski definition) is 3. The highest BCUT2D eigenvalue weighted by Gasteiger charge is 2.57. The fourth-order valence-electron chi connectivity index (χ4n) is 5.82. The number of unbranched alkanes of at least 4 members (excludes halogenated alkanes) is 2. The highest BCUT2D eigenvalue weighted by atomic mass is 16.2. The van der Waals surface area contributed by atoms with Crippen LogP contribution in [0, 0.1) is 18.3 Å². The number of carbonyl (C=O) groups excluding carboxylic acids is 2. The highest BCUT2D eigenvalue weighted by molar-refractivity contribution is 5.84. The fraction of sp³-hybridized carbons (Fsp3) is 0.533. The van der Waals surface area contributed by atoms with E-state index in [-0.39, 0.29) is 23.3 Å². The molecule has 0 unspecified atom stereocenters. The maximum atomic E-state index is 13.3. The van der Waals surface area contributed by atoms with E-state index in [1.54, 1.807) is 0 Å². The third-order valence-corrected chi connectivity index (χ3v) is 8.33. The summed E-state index contributed by atoms with van der Waals surface area (Å²) in [5, 5.41) is 7.85. The number of nitrogens with zero attached hydrogens (tertiary/aromatic N) is 2. The molecule has 5 rings (SSSR count). The Bertz CT molecular complexity index is 1260. The second-order valence-electron chi connectivity index (χ2n) is 11.0.